The van der Waals surface area contributed by atoms with Crippen LogP contribution >= 0.6 is 0 Å². The molecule has 1 aliphatic rings. The van der Waals surface area contributed by atoms with Gasteiger partial charge in [-0.2, -0.15) is 0 Å². The third kappa shape index (κ3) is 4.33. The summed E-state index contributed by atoms with van der Waals surface area (Å²) in [6, 6.07) is 21.1. The molecule has 3 aromatic rings. The van der Waals surface area contributed by atoms with Gasteiger partial charge < -0.3 is 19.3 Å². The normalized spacial score (nSPS) is 14.9. The number of para-hydroxylation sites is 1. The number of fused-ring (bicyclic) bond motifs is 1. The molecule has 1 saturated heterocycles. The topological polar surface area (TPSA) is 59.1 Å². The molecule has 4 rings (SSSR count). The standard InChI is InChI=1S/C25H26N2O4/c1-18(24(28)27-16-14-26(15-17-27)19-8-4-3-5-9-19)31-25(29)22-12-13-23(30-2)21-11-7-6-10-20(21)22/h3-13,18H,14-17H2,1-2H3/t18-/m0/s1. The summed E-state index contributed by atoms with van der Waals surface area (Å²) < 4.78 is 10.9. The highest BCUT2D eigenvalue weighted by atomic mass is 16.5. The van der Waals surface area contributed by atoms with Crippen molar-refractivity contribution in [1.82, 2.24) is 4.90 Å². The van der Waals surface area contributed by atoms with Gasteiger partial charge in [0.05, 0.1) is 12.7 Å². The maximum atomic E-state index is 12.9. The minimum absolute atomic E-state index is 0.168. The number of amides is 1. The number of carbonyl (C=O) groups is 2. The van der Waals surface area contributed by atoms with Crippen LogP contribution in [0.3, 0.4) is 0 Å². The Morgan fingerprint density at radius 3 is 2.16 bits per heavy atom. The first-order valence-corrected chi connectivity index (χ1v) is 10.4. The Labute approximate surface area is 182 Å². The van der Waals surface area contributed by atoms with Crippen LogP contribution < -0.4 is 9.64 Å². The second-order valence-electron chi connectivity index (χ2n) is 7.56. The van der Waals surface area contributed by atoms with E-state index >= 15 is 0 Å². The van der Waals surface area contributed by atoms with E-state index in [2.05, 4.69) is 17.0 Å². The van der Waals surface area contributed by atoms with Gasteiger partial charge in [-0.3, -0.25) is 4.79 Å². The van der Waals surface area contributed by atoms with Crippen molar-refractivity contribution >= 4 is 28.3 Å². The molecule has 1 fully saturated rings. The first-order chi connectivity index (χ1) is 15.1. The fourth-order valence-electron chi connectivity index (χ4n) is 3.98. The van der Waals surface area contributed by atoms with E-state index in [1.165, 1.54) is 0 Å². The van der Waals surface area contributed by atoms with Crippen molar-refractivity contribution in [2.75, 3.05) is 38.2 Å². The summed E-state index contributed by atoms with van der Waals surface area (Å²) in [7, 11) is 1.60. The predicted octanol–water partition coefficient (Wildman–Crippen LogP) is 3.74. The summed E-state index contributed by atoms with van der Waals surface area (Å²) in [6.45, 7) is 4.33. The predicted molar refractivity (Wildman–Crippen MR) is 121 cm³/mol. The van der Waals surface area contributed by atoms with Crippen molar-refractivity contribution in [3.05, 3.63) is 72.3 Å². The Hall–Kier alpha value is -3.54. The van der Waals surface area contributed by atoms with Crippen LogP contribution in [-0.4, -0.2) is 56.2 Å². The number of hydrogen-bond acceptors (Lipinski definition) is 5. The zero-order chi connectivity index (χ0) is 21.8. The van der Waals surface area contributed by atoms with Crippen LogP contribution in [0, 0.1) is 0 Å². The summed E-state index contributed by atoms with van der Waals surface area (Å²) in [4.78, 5) is 29.8. The number of carbonyl (C=O) groups excluding carboxylic acids is 2. The molecule has 1 amide bonds. The van der Waals surface area contributed by atoms with Gasteiger partial charge in [-0.25, -0.2) is 4.79 Å². The maximum absolute atomic E-state index is 12.9. The molecule has 6 heteroatoms. The smallest absolute Gasteiger partial charge is 0.339 e. The lowest BCUT2D eigenvalue weighted by molar-refractivity contribution is -0.140. The molecule has 0 saturated carbocycles. The number of hydrogen-bond donors (Lipinski definition) is 0. The number of esters is 1. The number of piperazine rings is 1. The van der Waals surface area contributed by atoms with Crippen molar-refractivity contribution in [2.45, 2.75) is 13.0 Å². The molecule has 160 valence electrons. The minimum Gasteiger partial charge on any atom is -0.496 e. The highest BCUT2D eigenvalue weighted by Crippen LogP contribution is 2.29. The zero-order valence-electron chi connectivity index (χ0n) is 17.8. The lowest BCUT2D eigenvalue weighted by atomic mass is 10.0. The fraction of sp³-hybridized carbons (Fsp3) is 0.280. The Morgan fingerprint density at radius 1 is 0.839 bits per heavy atom. The van der Waals surface area contributed by atoms with Gasteiger partial charge in [0.25, 0.3) is 5.91 Å². The molecular weight excluding hydrogens is 392 g/mol. The van der Waals surface area contributed by atoms with Crippen LogP contribution in [0.25, 0.3) is 10.8 Å². The number of nitrogens with zero attached hydrogens (tertiary/aromatic N) is 2. The summed E-state index contributed by atoms with van der Waals surface area (Å²) >= 11 is 0. The molecule has 0 bridgehead atoms. The van der Waals surface area contributed by atoms with Crippen LogP contribution in [0.2, 0.25) is 0 Å². The lowest BCUT2D eigenvalue weighted by Crippen LogP contribution is -2.51. The van der Waals surface area contributed by atoms with E-state index in [1.54, 1.807) is 31.1 Å². The van der Waals surface area contributed by atoms with Gasteiger partial charge in [0.1, 0.15) is 5.75 Å². The van der Waals surface area contributed by atoms with Crippen LogP contribution in [0.1, 0.15) is 17.3 Å². The lowest BCUT2D eigenvalue weighted by Gasteiger charge is -2.37. The molecule has 0 radical (unpaired) electrons. The summed E-state index contributed by atoms with van der Waals surface area (Å²) in [6.07, 6.45) is -0.850. The van der Waals surface area contributed by atoms with E-state index in [1.807, 2.05) is 42.5 Å². The van der Waals surface area contributed by atoms with Crippen molar-refractivity contribution in [3.63, 3.8) is 0 Å². The molecule has 0 N–H and O–H groups in total. The Balaban J connectivity index is 1.41. The fourth-order valence-corrected chi connectivity index (χ4v) is 3.98. The van der Waals surface area contributed by atoms with Crippen LogP contribution in [0.4, 0.5) is 5.69 Å². The average Bonchev–Trinajstić information content (AvgIpc) is 2.83. The van der Waals surface area contributed by atoms with Crippen molar-refractivity contribution in [2.24, 2.45) is 0 Å². The molecule has 0 aromatic heterocycles. The second kappa shape index (κ2) is 9.08. The third-order valence-electron chi connectivity index (χ3n) is 5.67. The van der Waals surface area contributed by atoms with Gasteiger partial charge in [-0.05, 0) is 36.6 Å². The summed E-state index contributed by atoms with van der Waals surface area (Å²) in [5.41, 5.74) is 1.57. The molecule has 0 unspecified atom stereocenters. The van der Waals surface area contributed by atoms with E-state index in [0.717, 1.165) is 29.5 Å². The highest BCUT2D eigenvalue weighted by molar-refractivity contribution is 6.07. The summed E-state index contributed by atoms with van der Waals surface area (Å²) in [5.74, 6) is 0.00839. The number of anilines is 1. The monoisotopic (exact) mass is 418 g/mol. The second-order valence-corrected chi connectivity index (χ2v) is 7.56. The first-order valence-electron chi connectivity index (χ1n) is 10.4. The van der Waals surface area contributed by atoms with Crippen LogP contribution in [0.5, 0.6) is 5.75 Å². The van der Waals surface area contributed by atoms with Crippen LogP contribution in [-0.2, 0) is 9.53 Å². The minimum atomic E-state index is -0.850. The Bertz CT molecular complexity index is 1080. The molecule has 1 atom stereocenters. The van der Waals surface area contributed by atoms with Gasteiger partial charge in [-0.1, -0.05) is 42.5 Å². The van der Waals surface area contributed by atoms with Crippen molar-refractivity contribution < 1.29 is 19.1 Å². The first kappa shape index (κ1) is 20.7. The number of benzene rings is 3. The van der Waals surface area contributed by atoms with Gasteiger partial charge in [-0.15, -0.1) is 0 Å². The molecule has 3 aromatic carbocycles. The molecule has 31 heavy (non-hydrogen) atoms. The molecule has 0 aliphatic carbocycles. The van der Waals surface area contributed by atoms with E-state index in [4.69, 9.17) is 9.47 Å². The van der Waals surface area contributed by atoms with Crippen molar-refractivity contribution in [1.29, 1.82) is 0 Å². The largest absolute Gasteiger partial charge is 0.496 e. The van der Waals surface area contributed by atoms with Gasteiger partial charge in [0, 0.05) is 37.3 Å². The van der Waals surface area contributed by atoms with E-state index in [-0.39, 0.29) is 5.91 Å². The summed E-state index contributed by atoms with van der Waals surface area (Å²) in [5, 5.41) is 1.57. The third-order valence-corrected chi connectivity index (χ3v) is 5.67. The number of methoxy groups -OCH3 is 1. The zero-order valence-corrected chi connectivity index (χ0v) is 17.8. The number of ether oxygens (including phenoxy) is 2. The highest BCUT2D eigenvalue weighted by Gasteiger charge is 2.28. The van der Waals surface area contributed by atoms with Gasteiger partial charge in [0.2, 0.25) is 0 Å². The van der Waals surface area contributed by atoms with E-state index < -0.39 is 12.1 Å². The SMILES string of the molecule is COc1ccc(C(=O)O[C@@H](C)C(=O)N2CCN(c3ccccc3)CC2)c2ccccc12. The van der Waals surface area contributed by atoms with Gasteiger partial charge >= 0.3 is 5.97 Å². The molecule has 1 heterocycles. The van der Waals surface area contributed by atoms with E-state index in [0.29, 0.717) is 24.4 Å². The maximum Gasteiger partial charge on any atom is 0.339 e. The molecule has 0 spiro atoms. The Morgan fingerprint density at radius 2 is 1.48 bits per heavy atom. The van der Waals surface area contributed by atoms with E-state index in [9.17, 15) is 9.59 Å². The van der Waals surface area contributed by atoms with Crippen molar-refractivity contribution in [3.8, 4) is 5.75 Å². The van der Waals surface area contributed by atoms with Crippen LogP contribution in [0.15, 0.2) is 66.7 Å². The Kier molecular flexibility index (Phi) is 6.07. The number of rotatable bonds is 5. The van der Waals surface area contributed by atoms with Gasteiger partial charge in [0.15, 0.2) is 6.10 Å². The average molecular weight is 418 g/mol. The molecular formula is C25H26N2O4. The quantitative estimate of drug-likeness (QED) is 0.591. The molecule has 1 aliphatic heterocycles. The molecule has 6 nitrogen and oxygen atoms in total.